The third kappa shape index (κ3) is 35.1. The molecule has 0 bridgehead atoms. The van der Waals surface area contributed by atoms with Crippen LogP contribution < -0.4 is 44.7 Å². The van der Waals surface area contributed by atoms with Crippen LogP contribution in [0.5, 0.6) is 23.0 Å². The first-order valence-electron chi connectivity index (χ1n) is 47.3. The number of hydrogen-bond acceptors (Lipinski definition) is 31. The average Bonchev–Trinajstić information content (AvgIpc) is 1.61. The summed E-state index contributed by atoms with van der Waals surface area (Å²) in [7, 11) is 4.36. The number of nitrogens with one attached hydrogen (secondary N) is 3. The van der Waals surface area contributed by atoms with E-state index in [1.165, 1.54) is 60.4 Å². The normalized spacial score (nSPS) is 16.7. The lowest BCUT2D eigenvalue weighted by molar-refractivity contribution is -0.137. The molecule has 9 rings (SSSR count). The zero-order chi connectivity index (χ0) is 100. The van der Waals surface area contributed by atoms with Crippen molar-refractivity contribution in [2.45, 2.75) is 176 Å². The number of anilines is 3. The fourth-order valence-electron chi connectivity index (χ4n) is 15.7. The lowest BCUT2D eigenvalue weighted by Crippen LogP contribution is -2.50. The van der Waals surface area contributed by atoms with Crippen molar-refractivity contribution in [2.24, 2.45) is 23.7 Å². The zero-order valence-corrected chi connectivity index (χ0v) is 81.3. The molecule has 7 atom stereocenters. The van der Waals surface area contributed by atoms with E-state index in [-0.39, 0.29) is 198 Å². The van der Waals surface area contributed by atoms with Gasteiger partial charge in [-0.2, -0.15) is 0 Å². The van der Waals surface area contributed by atoms with E-state index in [9.17, 15) is 72.5 Å². The molecule has 4 aromatic carbocycles. The van der Waals surface area contributed by atoms with Crippen LogP contribution in [0, 0.1) is 23.7 Å². The Morgan fingerprint density at radius 1 is 0.439 bits per heavy atom. The molecule has 0 aliphatic carbocycles. The summed E-state index contributed by atoms with van der Waals surface area (Å²) in [4.78, 5) is 178. The van der Waals surface area contributed by atoms with E-state index in [0.29, 0.717) is 154 Å². The molecule has 0 fully saturated rings. The fourth-order valence-corrected chi connectivity index (χ4v) is 15.7. The minimum Gasteiger partial charge on any atom is -0.493 e. The number of carbonyl (C=O) groups excluding carboxylic acids is 13. The second-order valence-corrected chi connectivity index (χ2v) is 34.8. The number of ketones is 4. The number of aliphatic hydroxyl groups excluding tert-OH is 2. The standard InChI is InChI=1S/C100H136N8O31/c1-65(2)77(54-75(110)28-34-129-38-40-131-42-44-133-46-48-135-50-49-134-47-45-132-43-41-130-39-37-127-30-14-15-74(109)26-29-104-91(114)24-25-92(104)115)93(116)101-60-90(113)103-73-22-20-72(21-23-73)64-139-100(123)108-82-59-89(87(126-10)57-80(82)96(119)106-62-68(6)52-84(106)98(108)121)137-32-13-11-12-31-136-88-58-81-79(56-86(88)125-9)95(118)105-61-67(5)51-83(105)97(120)107(81)99(122)138-63-71-18-16-70(17-19-71)53-85(112)69(7)102-94(117)78(66(3)4)55-76(111)27-33-128-36-35-124-8/h16-25,56-59,61-62,65-66,69,77-78,83-84,97-98,120-121H,11-15,26-55,60,63-64H2,1-10H3,(H,101,116)(H,102,117)(H,103,113)/t69-,77-,78-,83-,84-,97-,98-/m0/s1. The molecule has 0 aromatic heterocycles. The monoisotopic (exact) mass is 1940 g/mol. The van der Waals surface area contributed by atoms with Crippen LogP contribution >= 0.6 is 0 Å². The van der Waals surface area contributed by atoms with Crippen LogP contribution in [0.3, 0.4) is 0 Å². The Labute approximate surface area is 810 Å². The summed E-state index contributed by atoms with van der Waals surface area (Å²) < 4.78 is 90.5. The summed E-state index contributed by atoms with van der Waals surface area (Å²) in [6.45, 7) is 18.5. The molecule has 5 N–H and O–H groups in total. The topological polar surface area (TPSA) is 462 Å². The number of nitrogens with zero attached hydrogens (tertiary/aromatic N) is 5. The number of hydrogen-bond donors (Lipinski definition) is 5. The van der Waals surface area contributed by atoms with E-state index >= 15 is 0 Å². The van der Waals surface area contributed by atoms with Gasteiger partial charge in [0.2, 0.25) is 17.7 Å². The van der Waals surface area contributed by atoms with Crippen LogP contribution in [0.2, 0.25) is 0 Å². The predicted octanol–water partition coefficient (Wildman–Crippen LogP) is 8.89. The lowest BCUT2D eigenvalue weighted by atomic mass is 9.88. The molecule has 0 spiro atoms. The van der Waals surface area contributed by atoms with Crippen LogP contribution in [0.15, 0.2) is 108 Å². The maximum atomic E-state index is 14.5. The van der Waals surface area contributed by atoms with Gasteiger partial charge in [-0.05, 0) is 112 Å². The van der Waals surface area contributed by atoms with E-state index in [2.05, 4.69) is 16.0 Å². The van der Waals surface area contributed by atoms with Gasteiger partial charge >= 0.3 is 12.2 Å². The molecule has 4 aromatic rings. The molecule has 762 valence electrons. The van der Waals surface area contributed by atoms with Crippen molar-refractivity contribution in [2.75, 3.05) is 188 Å². The molecule has 0 radical (unpaired) electrons. The first kappa shape index (κ1) is 111. The molecule has 5 aliphatic heterocycles. The molecule has 0 unspecified atom stereocenters. The van der Waals surface area contributed by atoms with Crippen LogP contribution in [0.4, 0.5) is 26.7 Å². The van der Waals surface area contributed by atoms with E-state index in [1.54, 1.807) is 75.0 Å². The summed E-state index contributed by atoms with van der Waals surface area (Å²) in [5.74, 6) is -4.86. The maximum Gasteiger partial charge on any atom is 0.416 e. The van der Waals surface area contributed by atoms with Gasteiger partial charge < -0.3 is 112 Å². The van der Waals surface area contributed by atoms with Gasteiger partial charge in [-0.3, -0.25) is 57.6 Å². The highest BCUT2D eigenvalue weighted by Gasteiger charge is 2.48. The van der Waals surface area contributed by atoms with Crippen LogP contribution in [0.25, 0.3) is 0 Å². The van der Waals surface area contributed by atoms with Crippen molar-refractivity contribution in [3.8, 4) is 23.0 Å². The first-order chi connectivity index (χ1) is 67.0. The number of amides is 9. The Balaban J connectivity index is 0.650. The Hall–Kier alpha value is -11.5. The van der Waals surface area contributed by atoms with Crippen molar-refractivity contribution >= 4 is 93.7 Å². The van der Waals surface area contributed by atoms with Gasteiger partial charge in [0.1, 0.15) is 30.6 Å². The number of Topliss-reactive ketones (excluding diaryl/α,β-unsaturated/α-hetero) is 4. The Morgan fingerprint density at radius 2 is 0.842 bits per heavy atom. The molecule has 139 heavy (non-hydrogen) atoms. The van der Waals surface area contributed by atoms with Gasteiger partial charge in [-0.25, -0.2) is 19.4 Å². The summed E-state index contributed by atoms with van der Waals surface area (Å²) >= 11 is 0. The Kier molecular flexibility index (Phi) is 46.8. The summed E-state index contributed by atoms with van der Waals surface area (Å²) in [5, 5.41) is 32.4. The second kappa shape index (κ2) is 58.6. The van der Waals surface area contributed by atoms with Gasteiger partial charge in [0, 0.05) is 119 Å². The summed E-state index contributed by atoms with van der Waals surface area (Å²) in [6, 6.07) is 16.4. The van der Waals surface area contributed by atoms with Crippen molar-refractivity contribution in [1.82, 2.24) is 25.3 Å². The van der Waals surface area contributed by atoms with E-state index in [0.717, 1.165) is 25.8 Å². The molecule has 39 nitrogen and oxygen atoms in total. The molecular weight excluding hydrogens is 1810 g/mol. The average molecular weight is 1950 g/mol. The molecule has 5 heterocycles. The molecule has 39 heteroatoms. The molecule has 9 amide bonds. The van der Waals surface area contributed by atoms with Gasteiger partial charge in [0.15, 0.2) is 41.2 Å². The highest BCUT2D eigenvalue weighted by molar-refractivity contribution is 6.13. The molecular formula is C100H136N8O31. The lowest BCUT2D eigenvalue weighted by Gasteiger charge is -2.31. The molecule has 5 aliphatic rings. The highest BCUT2D eigenvalue weighted by Crippen LogP contribution is 2.45. The number of aliphatic hydroxyl groups is 2. The number of imide groups is 1. The number of rotatable bonds is 66. The van der Waals surface area contributed by atoms with Crippen molar-refractivity contribution in [3.05, 3.63) is 136 Å². The molecule has 0 saturated carbocycles. The predicted molar refractivity (Wildman–Crippen MR) is 505 cm³/mol. The summed E-state index contributed by atoms with van der Waals surface area (Å²) in [5.41, 5.74) is 3.70. The van der Waals surface area contributed by atoms with Crippen LogP contribution in [-0.4, -0.2) is 305 Å². The van der Waals surface area contributed by atoms with Gasteiger partial charge in [0.05, 0.1) is 194 Å². The minimum absolute atomic E-state index is 0.00206. The van der Waals surface area contributed by atoms with Gasteiger partial charge in [-0.15, -0.1) is 0 Å². The van der Waals surface area contributed by atoms with Crippen LogP contribution in [0.1, 0.15) is 163 Å². The number of unbranched alkanes of at least 4 members (excludes halogenated alkanes) is 2. The third-order valence-electron chi connectivity index (χ3n) is 23.6. The Morgan fingerprint density at radius 3 is 1.27 bits per heavy atom. The smallest absolute Gasteiger partial charge is 0.416 e. The SMILES string of the molecule is COCCOCCC(=O)C[C@H](C(=O)N[C@@H](C)C(=O)Cc1ccc(COC(=O)N2c3cc(OCCCCCOc4cc5c(cc4OC)C(=O)N4C=C(C)C[C@H]4[C@H](O)N5C(=O)OCc4ccc(NC(=O)CNC(=O)[C@@H](CC(=O)CCOCCOCCOCCOCCOCCOCCOCCOCCCC(=O)CCN5C(=O)C=CC5=O)C(C)C)cc4)c(OC)cc3C(=O)N3C=C(C)C[C@H]3[C@@H]2O)cc1)C(C)C. The first-order valence-corrected chi connectivity index (χ1v) is 47.3. The number of benzene rings is 4. The maximum absolute atomic E-state index is 14.5. The quantitative estimate of drug-likeness (QED) is 0.0203. The van der Waals surface area contributed by atoms with Crippen molar-refractivity contribution < 1.29 is 148 Å². The number of carbonyl (C=O) groups is 13. The largest absolute Gasteiger partial charge is 0.493 e. The summed E-state index contributed by atoms with van der Waals surface area (Å²) in [6.07, 6.45) is 3.63. The Bertz CT molecular complexity index is 4830. The minimum atomic E-state index is -1.59. The van der Waals surface area contributed by atoms with E-state index in [1.807, 2.05) is 41.5 Å². The zero-order valence-electron chi connectivity index (χ0n) is 81.3. The van der Waals surface area contributed by atoms with Crippen molar-refractivity contribution in [3.63, 3.8) is 0 Å². The number of ether oxygens (including phenoxy) is 16. The highest BCUT2D eigenvalue weighted by atomic mass is 16.6. The second-order valence-electron chi connectivity index (χ2n) is 34.8. The molecule has 0 saturated heterocycles. The van der Waals surface area contributed by atoms with Crippen molar-refractivity contribution in [1.29, 1.82) is 0 Å². The van der Waals surface area contributed by atoms with Gasteiger partial charge in [-0.1, -0.05) is 75.2 Å². The van der Waals surface area contributed by atoms with Gasteiger partial charge in [0.25, 0.3) is 23.6 Å². The number of fused-ring (bicyclic) bond motifs is 4. The fraction of sp³-hybridized carbons (Fsp3) is 0.570. The van der Waals surface area contributed by atoms with E-state index < -0.39 is 96.0 Å². The van der Waals surface area contributed by atoms with E-state index in [4.69, 9.17) is 75.8 Å². The third-order valence-corrected chi connectivity index (χ3v) is 23.6. The van der Waals surface area contributed by atoms with Crippen LogP contribution in [-0.2, 0) is 120 Å². The number of methoxy groups -OCH3 is 3.